The molecule has 3 aromatic carbocycles. The molecule has 0 spiro atoms. The molecule has 6 heterocycles. The Bertz CT molecular complexity index is 4050. The minimum atomic E-state index is -1.51. The molecular formula is C64H76B11I4N6O21. The molecule has 3 aromatic heterocycles. The van der Waals surface area contributed by atoms with Crippen LogP contribution in [0.4, 0.5) is 0 Å². The summed E-state index contributed by atoms with van der Waals surface area (Å²) in [5.41, 5.74) is 4.27. The quantitative estimate of drug-likeness (QED) is 0.0271. The molecule has 13 radical (unpaired) electrons. The van der Waals surface area contributed by atoms with Gasteiger partial charge < -0.3 is 67.8 Å². The highest BCUT2D eigenvalue weighted by Gasteiger charge is 2.46. The first-order valence-corrected chi connectivity index (χ1v) is 39.1. The van der Waals surface area contributed by atoms with Crippen LogP contribution < -0.4 is 0 Å². The summed E-state index contributed by atoms with van der Waals surface area (Å²) in [6.45, 7) is 12.9. The van der Waals surface area contributed by atoms with E-state index in [9.17, 15) is 54.0 Å². The number of rotatable bonds is 14. The summed E-state index contributed by atoms with van der Waals surface area (Å²) >= 11 is 6.39. The molecule has 15 atom stereocenters. The normalized spacial score (nSPS) is 22.9. The number of benzene rings is 3. The molecule has 3 aliphatic heterocycles. The maximum absolute atomic E-state index is 12.0. The van der Waals surface area contributed by atoms with E-state index in [4.69, 9.17) is 95.5 Å². The molecule has 0 unspecified atom stereocenters. The number of halogens is 4. The van der Waals surface area contributed by atoms with Crippen molar-refractivity contribution in [3.63, 3.8) is 0 Å². The van der Waals surface area contributed by atoms with Crippen LogP contribution in [0.3, 0.4) is 0 Å². The lowest BCUT2D eigenvalue weighted by Gasteiger charge is -2.42. The van der Waals surface area contributed by atoms with Gasteiger partial charge in [0.25, 0.3) is 0 Å². The summed E-state index contributed by atoms with van der Waals surface area (Å²) in [7, 11) is 37.4. The minimum Gasteiger partial charge on any atom is -0.465 e. The molecule has 3 saturated heterocycles. The second-order valence-electron chi connectivity index (χ2n) is 23.8. The maximum Gasteiger partial charge on any atom is 0.337 e. The van der Waals surface area contributed by atoms with Crippen molar-refractivity contribution in [3.8, 4) is 36.0 Å². The first-order valence-electron chi connectivity index (χ1n) is 31.8. The van der Waals surface area contributed by atoms with Crippen LogP contribution in [0.2, 0.25) is 0 Å². The number of hydrogen-bond donors (Lipinski definition) is 7. The maximum atomic E-state index is 12.0. The van der Waals surface area contributed by atoms with E-state index in [-0.39, 0.29) is 104 Å². The van der Waals surface area contributed by atoms with Crippen molar-refractivity contribution in [2.45, 2.75) is 130 Å². The number of fused-ring (bicyclic) bond motifs is 3. The van der Waals surface area contributed by atoms with Crippen molar-refractivity contribution in [2.75, 3.05) is 41.2 Å². The van der Waals surface area contributed by atoms with E-state index in [0.29, 0.717) is 44.1 Å². The summed E-state index contributed by atoms with van der Waals surface area (Å²) in [5.74, 6) is 11.0. The zero-order valence-corrected chi connectivity index (χ0v) is 67.8. The van der Waals surface area contributed by atoms with Crippen LogP contribution in [-0.4, -0.2) is 280 Å². The molecule has 6 aromatic rings. The molecule has 549 valence electrons. The summed E-state index contributed by atoms with van der Waals surface area (Å²) < 4.78 is 53.1. The predicted molar refractivity (Wildman–Crippen MR) is 443 cm³/mol. The summed E-state index contributed by atoms with van der Waals surface area (Å²) in [6, 6.07) is 9.89. The number of aliphatic hydroxyl groups excluding tert-OH is 4. The molecule has 0 amide bonds. The first-order chi connectivity index (χ1) is 49.2. The Hall–Kier alpha value is -5.61. The van der Waals surface area contributed by atoms with Gasteiger partial charge in [0, 0.05) is 176 Å². The average molecular weight is 1890 g/mol. The molecule has 0 aliphatic carbocycles. The van der Waals surface area contributed by atoms with Crippen LogP contribution in [0, 0.1) is 63.3 Å². The Morgan fingerprint density at radius 1 is 0.566 bits per heavy atom. The van der Waals surface area contributed by atoms with Gasteiger partial charge in [-0.25, -0.2) is 14.4 Å². The number of aromatic amines is 3. The third kappa shape index (κ3) is 27.4. The van der Waals surface area contributed by atoms with Crippen molar-refractivity contribution in [2.24, 2.45) is 23.7 Å². The van der Waals surface area contributed by atoms with E-state index < -0.39 is 111 Å². The number of aromatic nitrogens is 6. The zero-order chi connectivity index (χ0) is 78.0. The summed E-state index contributed by atoms with van der Waals surface area (Å²) in [5, 5.41) is 61.5. The average Bonchev–Trinajstić information content (AvgIpc) is 1.05. The molecule has 0 saturated carbocycles. The largest absolute Gasteiger partial charge is 0.465 e. The number of nitrogens with one attached hydrogen (secondary N) is 3. The predicted octanol–water partition coefficient (Wildman–Crippen LogP) is 2.72. The second kappa shape index (κ2) is 47.5. The number of ether oxygens (including phenoxy) is 10. The Balaban J connectivity index is 0.000000466. The van der Waals surface area contributed by atoms with Gasteiger partial charge in [-0.2, -0.15) is 15.3 Å². The van der Waals surface area contributed by atoms with Crippen LogP contribution in [0.1, 0.15) is 105 Å². The van der Waals surface area contributed by atoms with Gasteiger partial charge >= 0.3 is 41.8 Å². The van der Waals surface area contributed by atoms with Gasteiger partial charge in [-0.15, -0.1) is 30.4 Å². The summed E-state index contributed by atoms with van der Waals surface area (Å²) in [6.07, 6.45) is -1.65. The molecule has 42 heteroatoms. The van der Waals surface area contributed by atoms with Crippen molar-refractivity contribution in [1.82, 2.24) is 30.6 Å². The Morgan fingerprint density at radius 2 is 0.934 bits per heavy atom. The van der Waals surface area contributed by atoms with Gasteiger partial charge in [-0.05, 0) is 70.8 Å². The van der Waals surface area contributed by atoms with Gasteiger partial charge in [0.1, 0.15) is 55.9 Å². The smallest absolute Gasteiger partial charge is 0.337 e. The minimum absolute atomic E-state index is 0. The van der Waals surface area contributed by atoms with Gasteiger partial charge in [0.2, 0.25) is 0 Å². The topological polar surface area (TPSA) is 379 Å². The Labute approximate surface area is 680 Å². The SMILES string of the molecule is C.C#C[C@H]1O[C@H](COC(C)=O)[C@@H](C)[C@H](C)[C@@H]1OC(C)=O.COC(=O)c1cc(C#C[C@H]2O[C@H](CO)[C@@H](O)[C@H](O)[C@@H]2O)c2[nH]ncc2c1.COC(=O)c1cc(C#C[C@H]2O[C@H](COC(C)=O)[C@@H](C)[C@H](C)[C@@H]2OC(C)=O)c2[nH]ncc2c1.COC(=O)c1cc(I)c2[nH]ncc2c1.I.II.[B][B]B([B])B(B([B])[B])B([B])[B]. The first kappa shape index (κ1) is 96.5. The van der Waals surface area contributed by atoms with E-state index >= 15 is 0 Å². The third-order valence-electron chi connectivity index (χ3n) is 16.8. The Kier molecular flexibility index (Phi) is 43.2. The highest BCUT2D eigenvalue weighted by atomic mass is 128. The van der Waals surface area contributed by atoms with Crippen molar-refractivity contribution in [1.29, 1.82) is 0 Å². The molecule has 9 rings (SSSR count). The number of nitrogens with zero attached hydrogens (tertiary/aromatic N) is 3. The van der Waals surface area contributed by atoms with Gasteiger partial charge in [-0.1, -0.05) is 64.7 Å². The molecular weight excluding hydrogens is 1820 g/mol. The molecule has 0 bridgehead atoms. The van der Waals surface area contributed by atoms with Crippen LogP contribution >= 0.6 is 83.8 Å². The lowest BCUT2D eigenvalue weighted by molar-refractivity contribution is -0.214. The number of carbonyl (C=O) groups excluding carboxylic acids is 7. The lowest BCUT2D eigenvalue weighted by atomic mass is 8.56. The van der Waals surface area contributed by atoms with E-state index in [0.717, 1.165) is 14.5 Å². The fraction of sp³-hybridized carbons (Fsp3) is 0.469. The molecule has 3 fully saturated rings. The Morgan fingerprint density at radius 3 is 1.29 bits per heavy atom. The second-order valence-corrected chi connectivity index (χ2v) is 25.0. The van der Waals surface area contributed by atoms with Crippen LogP contribution in [-0.2, 0) is 66.5 Å². The molecule has 27 nitrogen and oxygen atoms in total. The van der Waals surface area contributed by atoms with E-state index in [1.54, 1.807) is 42.7 Å². The molecule has 106 heavy (non-hydrogen) atoms. The highest BCUT2D eigenvalue weighted by molar-refractivity contribution is 15.0. The fourth-order valence-corrected chi connectivity index (χ4v) is 11.6. The number of hydrogen-bond acceptors (Lipinski definition) is 24. The van der Waals surface area contributed by atoms with Crippen LogP contribution in [0.5, 0.6) is 0 Å². The van der Waals surface area contributed by atoms with Crippen molar-refractivity contribution in [3.05, 3.63) is 86.4 Å². The summed E-state index contributed by atoms with van der Waals surface area (Å²) in [4.78, 5) is 80.0. The zero-order valence-electron chi connectivity index (χ0n) is 59.0. The van der Waals surface area contributed by atoms with Gasteiger partial charge in [-0.3, -0.25) is 34.5 Å². The highest BCUT2D eigenvalue weighted by Crippen LogP contribution is 2.35. The lowest BCUT2D eigenvalue weighted by Crippen LogP contribution is -2.63. The van der Waals surface area contributed by atoms with Gasteiger partial charge in [0.05, 0.1) is 103 Å². The van der Waals surface area contributed by atoms with E-state index in [1.807, 2.05) is 27.7 Å². The molecule has 7 N–H and O–H groups in total. The molecule has 3 aliphatic rings. The van der Waals surface area contributed by atoms with E-state index in [2.05, 4.69) is 125 Å². The number of H-pyrrole nitrogens is 3. The van der Waals surface area contributed by atoms with Crippen LogP contribution in [0.15, 0.2) is 55.0 Å². The number of carbonyl (C=O) groups is 7. The fourth-order valence-electron chi connectivity index (χ4n) is 10.8. The third-order valence-corrected chi connectivity index (χ3v) is 17.6. The van der Waals surface area contributed by atoms with Crippen molar-refractivity contribution < 1.29 is 101 Å². The number of aliphatic hydroxyl groups is 4. The number of esters is 7. The standard InChI is InChI=1S/C23H26N2O7.C17H18N2O7.C14H20O5.C9H7IN2O2.CH4.B11.I2.HI/c1-12-13(2)22(31-15(4)27)19(32-20(12)11-30-14(3)26)7-6-16-8-17(23(28)29-5)9-18-10-24-25-21(16)18;1-25-17(24)9-4-8(13-10(5-9)6-18-19-13)2-3-11-14(21)16(23)15(22)12(7-20)26-11;1-6-12-14(18-11(5)16)9(3)8(2)13(19-12)7-17-10(4)15;1-14-9(13)5-2-6-4-11-12-8(6)7(10)3-5;;1-7-10(6)11(8(2)3)9(4)5;1-2;/h8-10,12-13,19-20,22H,11H2,1-5H3,(H,24,25);4-6,11-12,14-16,20-23H,7H2,1H3,(H,18,19);1,8-9,12-14H,7H2,2-5H3;2-4H,1H3,(H,11,12);1H4;;;1H/t12-,13-,19+,20+,22-;11-,12-,14-,15-,16-;8-,9-,12+,13+,14-;;;;;/m010...../s1. The van der Waals surface area contributed by atoms with E-state index in [1.165, 1.54) is 68.3 Å². The monoisotopic (exact) mass is 1890 g/mol. The number of methoxy groups -OCH3 is 3. The number of terminal acetylenes is 1. The van der Waals surface area contributed by atoms with Crippen LogP contribution in [0.25, 0.3) is 32.7 Å². The van der Waals surface area contributed by atoms with Gasteiger partial charge in [0.15, 0.2) is 12.2 Å². The van der Waals surface area contributed by atoms with Crippen molar-refractivity contribution >= 4 is 237 Å².